The third-order valence-electron chi connectivity index (χ3n) is 6.57. The van der Waals surface area contributed by atoms with E-state index in [2.05, 4.69) is 5.32 Å². The molecule has 0 saturated heterocycles. The SMILES string of the molecule is Cc1cc(-c2cc(C)c(OCc3ccccc3)c(F)c2)c2c(c1)n(CC(=O)Nc1ccc(F)cc1)c(=O)n2C. The van der Waals surface area contributed by atoms with Gasteiger partial charge in [-0.2, -0.15) is 0 Å². The molecule has 0 unspecified atom stereocenters. The monoisotopic (exact) mass is 527 g/mol. The maximum atomic E-state index is 15.3. The van der Waals surface area contributed by atoms with Crippen LogP contribution in [0.2, 0.25) is 0 Å². The Kier molecular flexibility index (Phi) is 7.02. The van der Waals surface area contributed by atoms with Gasteiger partial charge >= 0.3 is 5.69 Å². The number of carbonyl (C=O) groups excluding carboxylic acids is 1. The number of hydrogen-bond donors (Lipinski definition) is 1. The third-order valence-corrected chi connectivity index (χ3v) is 6.57. The molecule has 6 nitrogen and oxygen atoms in total. The lowest BCUT2D eigenvalue weighted by molar-refractivity contribution is -0.116. The maximum absolute atomic E-state index is 15.3. The summed E-state index contributed by atoms with van der Waals surface area (Å²) >= 11 is 0. The van der Waals surface area contributed by atoms with Crippen molar-refractivity contribution in [2.75, 3.05) is 5.32 Å². The van der Waals surface area contributed by atoms with Crippen LogP contribution in [-0.2, 0) is 25.0 Å². The average Bonchev–Trinajstić information content (AvgIpc) is 3.14. The summed E-state index contributed by atoms with van der Waals surface area (Å²) in [6, 6.07) is 21.9. The molecule has 1 aromatic heterocycles. The summed E-state index contributed by atoms with van der Waals surface area (Å²) in [6.07, 6.45) is 0. The van der Waals surface area contributed by atoms with Gasteiger partial charge in [0.05, 0.1) is 11.0 Å². The minimum absolute atomic E-state index is 0.176. The minimum atomic E-state index is -0.501. The van der Waals surface area contributed by atoms with E-state index in [-0.39, 0.29) is 24.6 Å². The number of nitrogens with zero attached hydrogens (tertiary/aromatic N) is 2. The number of aryl methyl sites for hydroxylation is 3. The van der Waals surface area contributed by atoms with Crippen molar-refractivity contribution in [2.24, 2.45) is 7.05 Å². The second kappa shape index (κ2) is 10.6. The van der Waals surface area contributed by atoms with Gasteiger partial charge in [-0.15, -0.1) is 0 Å². The maximum Gasteiger partial charge on any atom is 0.329 e. The molecule has 0 radical (unpaired) electrons. The van der Waals surface area contributed by atoms with E-state index in [1.54, 1.807) is 14.0 Å². The zero-order valence-corrected chi connectivity index (χ0v) is 21.8. The quantitative estimate of drug-likeness (QED) is 0.277. The smallest absolute Gasteiger partial charge is 0.329 e. The number of aromatic nitrogens is 2. The number of carbonyl (C=O) groups is 1. The van der Waals surface area contributed by atoms with Crippen LogP contribution in [0.5, 0.6) is 5.75 Å². The van der Waals surface area contributed by atoms with Crippen molar-refractivity contribution >= 4 is 22.6 Å². The topological polar surface area (TPSA) is 65.3 Å². The Morgan fingerprint density at radius 3 is 2.36 bits per heavy atom. The van der Waals surface area contributed by atoms with Crippen molar-refractivity contribution in [3.63, 3.8) is 0 Å². The highest BCUT2D eigenvalue weighted by Crippen LogP contribution is 2.34. The van der Waals surface area contributed by atoms with E-state index in [0.717, 1.165) is 11.1 Å². The van der Waals surface area contributed by atoms with Gasteiger partial charge in [-0.05, 0) is 84.6 Å². The number of amides is 1. The molecule has 1 amide bonds. The molecule has 198 valence electrons. The van der Waals surface area contributed by atoms with Crippen molar-refractivity contribution in [3.8, 4) is 16.9 Å². The van der Waals surface area contributed by atoms with Crippen LogP contribution in [0.15, 0.2) is 83.7 Å². The first-order valence-electron chi connectivity index (χ1n) is 12.4. The fourth-order valence-corrected chi connectivity index (χ4v) is 4.75. The fraction of sp³-hybridized carbons (Fsp3) is 0.161. The number of rotatable bonds is 7. The molecule has 0 aliphatic rings. The van der Waals surface area contributed by atoms with Gasteiger partial charge < -0.3 is 10.1 Å². The van der Waals surface area contributed by atoms with Crippen molar-refractivity contribution < 1.29 is 18.3 Å². The summed E-state index contributed by atoms with van der Waals surface area (Å²) in [6.45, 7) is 3.66. The standard InChI is InChI=1S/C31H27F2N3O3/c1-19-13-25(22-15-20(2)30(26(33)16-22)39-18-21-7-5-4-6-8-21)29-27(14-19)36(31(38)35(29)3)17-28(37)34-24-11-9-23(32)10-12-24/h4-16H,17-18H2,1-3H3,(H,34,37). The Labute approximate surface area is 224 Å². The summed E-state index contributed by atoms with van der Waals surface area (Å²) in [5.74, 6) is -1.17. The summed E-state index contributed by atoms with van der Waals surface area (Å²) < 4.78 is 37.2. The van der Waals surface area contributed by atoms with E-state index < -0.39 is 17.5 Å². The predicted molar refractivity (Wildman–Crippen MR) is 148 cm³/mol. The first kappa shape index (κ1) is 25.9. The normalized spacial score (nSPS) is 11.1. The highest BCUT2D eigenvalue weighted by Gasteiger charge is 2.20. The lowest BCUT2D eigenvalue weighted by atomic mass is 9.99. The first-order chi connectivity index (χ1) is 18.7. The number of anilines is 1. The van der Waals surface area contributed by atoms with Gasteiger partial charge in [-0.3, -0.25) is 13.9 Å². The van der Waals surface area contributed by atoms with Gasteiger partial charge in [0, 0.05) is 18.3 Å². The average molecular weight is 528 g/mol. The number of halogens is 2. The van der Waals surface area contributed by atoms with E-state index >= 15 is 4.39 Å². The highest BCUT2D eigenvalue weighted by atomic mass is 19.1. The molecule has 0 aliphatic heterocycles. The first-order valence-corrected chi connectivity index (χ1v) is 12.4. The van der Waals surface area contributed by atoms with E-state index in [4.69, 9.17) is 4.74 Å². The molecular formula is C31H27F2N3O3. The van der Waals surface area contributed by atoms with Crippen LogP contribution in [0.1, 0.15) is 16.7 Å². The zero-order valence-electron chi connectivity index (χ0n) is 21.8. The summed E-state index contributed by atoms with van der Waals surface area (Å²) in [5.41, 5.74) is 4.83. The van der Waals surface area contributed by atoms with Crippen LogP contribution in [0.25, 0.3) is 22.2 Å². The molecule has 4 aromatic carbocycles. The van der Waals surface area contributed by atoms with E-state index in [0.29, 0.717) is 33.4 Å². The lowest BCUT2D eigenvalue weighted by Gasteiger charge is -2.14. The molecule has 39 heavy (non-hydrogen) atoms. The van der Waals surface area contributed by atoms with Gasteiger partial charge in [0.25, 0.3) is 0 Å². The van der Waals surface area contributed by atoms with Gasteiger partial charge in [0.2, 0.25) is 5.91 Å². The summed E-state index contributed by atoms with van der Waals surface area (Å²) in [7, 11) is 1.62. The number of nitrogens with one attached hydrogen (secondary N) is 1. The molecule has 8 heteroatoms. The molecule has 5 aromatic rings. The van der Waals surface area contributed by atoms with Gasteiger partial charge in [0.15, 0.2) is 11.6 Å². The largest absolute Gasteiger partial charge is 0.486 e. The number of ether oxygens (including phenoxy) is 1. The zero-order chi connectivity index (χ0) is 27.7. The highest BCUT2D eigenvalue weighted by molar-refractivity contribution is 5.96. The number of imidazole rings is 1. The Bertz CT molecular complexity index is 1720. The number of hydrogen-bond acceptors (Lipinski definition) is 3. The van der Waals surface area contributed by atoms with Crippen molar-refractivity contribution in [3.05, 3.63) is 118 Å². The Hall–Kier alpha value is -4.72. The molecular weight excluding hydrogens is 500 g/mol. The van der Waals surface area contributed by atoms with E-state index in [1.807, 2.05) is 55.5 Å². The van der Waals surface area contributed by atoms with Crippen LogP contribution in [0, 0.1) is 25.5 Å². The van der Waals surface area contributed by atoms with Crippen LogP contribution in [-0.4, -0.2) is 15.0 Å². The van der Waals surface area contributed by atoms with Crippen molar-refractivity contribution in [2.45, 2.75) is 27.0 Å². The lowest BCUT2D eigenvalue weighted by Crippen LogP contribution is -2.28. The number of fused-ring (bicyclic) bond motifs is 1. The molecule has 0 fully saturated rings. The third kappa shape index (κ3) is 5.31. The van der Waals surface area contributed by atoms with Crippen LogP contribution < -0.4 is 15.7 Å². The second-order valence-corrected chi connectivity index (χ2v) is 9.54. The van der Waals surface area contributed by atoms with E-state index in [1.165, 1.54) is 39.5 Å². The fourth-order valence-electron chi connectivity index (χ4n) is 4.75. The van der Waals surface area contributed by atoms with Crippen molar-refractivity contribution in [1.82, 2.24) is 9.13 Å². The van der Waals surface area contributed by atoms with Crippen LogP contribution >= 0.6 is 0 Å². The molecule has 5 rings (SSSR count). The van der Waals surface area contributed by atoms with Crippen LogP contribution in [0.4, 0.5) is 14.5 Å². The molecule has 0 atom stereocenters. The molecule has 1 heterocycles. The van der Waals surface area contributed by atoms with Gasteiger partial charge in [-0.1, -0.05) is 30.3 Å². The van der Waals surface area contributed by atoms with Crippen molar-refractivity contribution in [1.29, 1.82) is 0 Å². The molecule has 0 aliphatic carbocycles. The second-order valence-electron chi connectivity index (χ2n) is 9.54. The van der Waals surface area contributed by atoms with Crippen LogP contribution in [0.3, 0.4) is 0 Å². The van der Waals surface area contributed by atoms with Gasteiger partial charge in [0.1, 0.15) is 19.0 Å². The minimum Gasteiger partial charge on any atom is -0.486 e. The molecule has 0 saturated carbocycles. The Balaban J connectivity index is 1.50. The number of benzene rings is 4. The summed E-state index contributed by atoms with van der Waals surface area (Å²) in [4.78, 5) is 26.0. The Morgan fingerprint density at radius 1 is 0.949 bits per heavy atom. The predicted octanol–water partition coefficient (Wildman–Crippen LogP) is 6.12. The summed E-state index contributed by atoms with van der Waals surface area (Å²) in [5, 5.41) is 2.69. The van der Waals surface area contributed by atoms with E-state index in [9.17, 15) is 14.0 Å². The Morgan fingerprint density at radius 2 is 1.67 bits per heavy atom. The molecule has 0 spiro atoms. The molecule has 0 bridgehead atoms. The molecule has 1 N–H and O–H groups in total. The van der Waals surface area contributed by atoms with Gasteiger partial charge in [-0.25, -0.2) is 13.6 Å².